The maximum Gasteiger partial charge on any atom is 0.307 e. The van der Waals surface area contributed by atoms with Crippen LogP contribution in [0.2, 0.25) is 0 Å². The molecule has 0 aliphatic rings. The second-order valence-electron chi connectivity index (χ2n) is 3.14. The fourth-order valence-electron chi connectivity index (χ4n) is 1.13. The van der Waals surface area contributed by atoms with E-state index in [0.717, 1.165) is 5.56 Å². The molecule has 1 aromatic carbocycles. The molecule has 1 aromatic rings. The summed E-state index contributed by atoms with van der Waals surface area (Å²) >= 11 is 0. The molecule has 0 bridgehead atoms. The predicted octanol–water partition coefficient (Wildman–Crippen LogP) is 1.07. The summed E-state index contributed by atoms with van der Waals surface area (Å²) in [4.78, 5) is 10.4. The van der Waals surface area contributed by atoms with Crippen LogP contribution in [0.25, 0.3) is 0 Å². The molecule has 0 fully saturated rings. The monoisotopic (exact) mass is 210 g/mol. The molecule has 0 spiro atoms. The lowest BCUT2D eigenvalue weighted by Gasteiger charge is -2.05. The summed E-state index contributed by atoms with van der Waals surface area (Å²) in [5.74, 6) is -0.151. The summed E-state index contributed by atoms with van der Waals surface area (Å²) in [6, 6.07) is 6.91. The third kappa shape index (κ3) is 4.46. The van der Waals surface area contributed by atoms with Crippen LogP contribution in [0.5, 0.6) is 5.75 Å². The van der Waals surface area contributed by atoms with Gasteiger partial charge in [0.1, 0.15) is 5.75 Å². The van der Waals surface area contributed by atoms with Crippen molar-refractivity contribution in [3.05, 3.63) is 29.8 Å². The van der Waals surface area contributed by atoms with Crippen LogP contribution in [0.4, 0.5) is 0 Å². The number of aliphatic hydroxyl groups is 1. The Kier molecular flexibility index (Phi) is 4.63. The van der Waals surface area contributed by atoms with Gasteiger partial charge >= 0.3 is 5.97 Å². The minimum atomic E-state index is -0.844. The number of aliphatic hydroxyl groups excluding tert-OH is 1. The first kappa shape index (κ1) is 11.5. The fraction of sp³-hybridized carbons (Fsp3) is 0.364. The lowest BCUT2D eigenvalue weighted by molar-refractivity contribution is -0.136. The number of ether oxygens (including phenoxy) is 1. The molecular weight excluding hydrogens is 196 g/mol. The van der Waals surface area contributed by atoms with Crippen molar-refractivity contribution < 1.29 is 19.7 Å². The van der Waals surface area contributed by atoms with E-state index in [1.807, 2.05) is 0 Å². The lowest BCUT2D eigenvalue weighted by atomic mass is 10.1. The third-order valence-electron chi connectivity index (χ3n) is 1.85. The van der Waals surface area contributed by atoms with Gasteiger partial charge in [0, 0.05) is 13.0 Å². The highest BCUT2D eigenvalue weighted by atomic mass is 16.5. The molecule has 82 valence electrons. The van der Waals surface area contributed by atoms with Gasteiger partial charge in [-0.15, -0.1) is 0 Å². The highest BCUT2D eigenvalue weighted by Crippen LogP contribution is 2.12. The van der Waals surface area contributed by atoms with E-state index in [9.17, 15) is 4.79 Å². The van der Waals surface area contributed by atoms with Gasteiger partial charge in [0.2, 0.25) is 0 Å². The maximum atomic E-state index is 10.4. The Balaban J connectivity index is 2.45. The van der Waals surface area contributed by atoms with Gasteiger partial charge in [0.25, 0.3) is 0 Å². The smallest absolute Gasteiger partial charge is 0.307 e. The quantitative estimate of drug-likeness (QED) is 0.689. The van der Waals surface area contributed by atoms with Crippen LogP contribution in [0, 0.1) is 0 Å². The third-order valence-corrected chi connectivity index (χ3v) is 1.85. The van der Waals surface area contributed by atoms with Crippen molar-refractivity contribution in [1.82, 2.24) is 0 Å². The summed E-state index contributed by atoms with van der Waals surface area (Å²) in [6.07, 6.45) is 0.619. The molecule has 0 amide bonds. The maximum absolute atomic E-state index is 10.4. The number of aliphatic carboxylic acids is 1. The summed E-state index contributed by atoms with van der Waals surface area (Å²) < 4.78 is 5.30. The lowest BCUT2D eigenvalue weighted by Crippen LogP contribution is -2.01. The van der Waals surface area contributed by atoms with Gasteiger partial charge in [-0.05, 0) is 17.7 Å². The number of carboxylic acids is 1. The van der Waals surface area contributed by atoms with Gasteiger partial charge < -0.3 is 14.9 Å². The van der Waals surface area contributed by atoms with Crippen LogP contribution in [-0.2, 0) is 11.2 Å². The van der Waals surface area contributed by atoms with Crippen molar-refractivity contribution >= 4 is 5.97 Å². The Hall–Kier alpha value is -1.55. The summed E-state index contributed by atoms with van der Waals surface area (Å²) in [6.45, 7) is 0.575. The zero-order chi connectivity index (χ0) is 11.1. The van der Waals surface area contributed by atoms with Crippen LogP contribution in [0.15, 0.2) is 24.3 Å². The minimum Gasteiger partial charge on any atom is -0.494 e. The van der Waals surface area contributed by atoms with E-state index in [1.165, 1.54) is 0 Å². The SMILES string of the molecule is O=C(O)Cc1ccc(OCCCO)cc1. The molecule has 0 saturated carbocycles. The molecule has 0 aliphatic heterocycles. The Morgan fingerprint density at radius 3 is 2.47 bits per heavy atom. The molecule has 15 heavy (non-hydrogen) atoms. The number of hydrogen-bond acceptors (Lipinski definition) is 3. The molecule has 0 unspecified atom stereocenters. The van der Waals surface area contributed by atoms with Gasteiger partial charge in [0.15, 0.2) is 0 Å². The number of carbonyl (C=O) groups is 1. The first-order chi connectivity index (χ1) is 7.22. The minimum absolute atomic E-state index is 0.0247. The highest BCUT2D eigenvalue weighted by molar-refractivity contribution is 5.70. The Morgan fingerprint density at radius 1 is 1.27 bits per heavy atom. The largest absolute Gasteiger partial charge is 0.494 e. The number of carboxylic acid groups (broad SMARTS) is 1. The van der Waals surface area contributed by atoms with Crippen molar-refractivity contribution in [3.8, 4) is 5.75 Å². The normalized spacial score (nSPS) is 9.93. The van der Waals surface area contributed by atoms with Crippen molar-refractivity contribution in [1.29, 1.82) is 0 Å². The highest BCUT2D eigenvalue weighted by Gasteiger charge is 2.00. The van der Waals surface area contributed by atoms with E-state index in [1.54, 1.807) is 24.3 Å². The summed E-state index contributed by atoms with van der Waals surface area (Å²) in [5.41, 5.74) is 0.747. The standard InChI is InChI=1S/C11H14O4/c12-6-1-7-15-10-4-2-9(3-5-10)8-11(13)14/h2-5,12H,1,6-8H2,(H,13,14). The van der Waals surface area contributed by atoms with Crippen molar-refractivity contribution in [3.63, 3.8) is 0 Å². The van der Waals surface area contributed by atoms with Crippen LogP contribution in [0.3, 0.4) is 0 Å². The topological polar surface area (TPSA) is 66.8 Å². The Morgan fingerprint density at radius 2 is 1.93 bits per heavy atom. The number of rotatable bonds is 6. The predicted molar refractivity (Wildman–Crippen MR) is 55.0 cm³/mol. The fourth-order valence-corrected chi connectivity index (χ4v) is 1.13. The molecule has 4 heteroatoms. The first-order valence-electron chi connectivity index (χ1n) is 4.77. The van der Waals surface area contributed by atoms with Gasteiger partial charge in [-0.3, -0.25) is 4.79 Å². The van der Waals surface area contributed by atoms with Gasteiger partial charge in [-0.25, -0.2) is 0 Å². The van der Waals surface area contributed by atoms with Crippen molar-refractivity contribution in [2.75, 3.05) is 13.2 Å². The number of benzene rings is 1. The van der Waals surface area contributed by atoms with E-state index in [-0.39, 0.29) is 13.0 Å². The van der Waals surface area contributed by atoms with Crippen LogP contribution in [0.1, 0.15) is 12.0 Å². The molecule has 0 aromatic heterocycles. The van der Waals surface area contributed by atoms with Crippen LogP contribution < -0.4 is 4.74 Å². The summed E-state index contributed by atoms with van der Waals surface area (Å²) in [7, 11) is 0. The van der Waals surface area contributed by atoms with Gasteiger partial charge in [0.05, 0.1) is 13.0 Å². The van der Waals surface area contributed by atoms with E-state index < -0.39 is 5.97 Å². The van der Waals surface area contributed by atoms with E-state index in [2.05, 4.69) is 0 Å². The molecule has 0 radical (unpaired) electrons. The van der Waals surface area contributed by atoms with E-state index in [0.29, 0.717) is 18.8 Å². The molecule has 2 N–H and O–H groups in total. The Labute approximate surface area is 88.1 Å². The first-order valence-corrected chi connectivity index (χ1v) is 4.77. The van der Waals surface area contributed by atoms with Crippen LogP contribution in [-0.4, -0.2) is 29.4 Å². The van der Waals surface area contributed by atoms with Crippen LogP contribution >= 0.6 is 0 Å². The Bertz CT molecular complexity index is 305. The second kappa shape index (κ2) is 6.03. The van der Waals surface area contributed by atoms with E-state index >= 15 is 0 Å². The molecular formula is C11H14O4. The molecule has 0 aliphatic carbocycles. The van der Waals surface area contributed by atoms with Gasteiger partial charge in [-0.1, -0.05) is 12.1 Å². The second-order valence-corrected chi connectivity index (χ2v) is 3.14. The average Bonchev–Trinajstić information content (AvgIpc) is 2.20. The molecule has 4 nitrogen and oxygen atoms in total. The summed E-state index contributed by atoms with van der Waals surface area (Å²) in [5, 5.41) is 17.1. The van der Waals surface area contributed by atoms with E-state index in [4.69, 9.17) is 14.9 Å². The van der Waals surface area contributed by atoms with Gasteiger partial charge in [-0.2, -0.15) is 0 Å². The molecule has 0 atom stereocenters. The van der Waals surface area contributed by atoms with Crippen molar-refractivity contribution in [2.24, 2.45) is 0 Å². The molecule has 1 rings (SSSR count). The zero-order valence-electron chi connectivity index (χ0n) is 8.35. The van der Waals surface area contributed by atoms with Crippen molar-refractivity contribution in [2.45, 2.75) is 12.8 Å². The zero-order valence-corrected chi connectivity index (χ0v) is 8.35. The number of hydrogen-bond donors (Lipinski definition) is 2. The average molecular weight is 210 g/mol. The molecule has 0 heterocycles. The molecule has 0 saturated heterocycles.